The zero-order valence-electron chi connectivity index (χ0n) is 13.1. The average molecular weight is 306 g/mol. The van der Waals surface area contributed by atoms with E-state index < -0.39 is 10.2 Å². The zero-order chi connectivity index (χ0) is 15.0. The van der Waals surface area contributed by atoms with Crippen LogP contribution in [-0.4, -0.2) is 70.5 Å². The van der Waals surface area contributed by atoms with Crippen LogP contribution in [0, 0.1) is 5.92 Å². The standard InChI is InChI=1S/C13H30N4O2S/c1-4-14-11-13-7-6-9-17(12-13)20(18,19)15-8-10-16(3)5-2/h13-15H,4-12H2,1-3H3. The minimum absolute atomic E-state index is 0.429. The van der Waals surface area contributed by atoms with Crippen LogP contribution in [-0.2, 0) is 10.2 Å². The van der Waals surface area contributed by atoms with Crippen molar-refractivity contribution in [3.63, 3.8) is 0 Å². The molecule has 7 heteroatoms. The molecule has 2 N–H and O–H groups in total. The fourth-order valence-electron chi connectivity index (χ4n) is 2.38. The number of likely N-dealkylation sites (N-methyl/N-ethyl adjacent to an activating group) is 1. The second-order valence-corrected chi connectivity index (χ2v) is 7.22. The van der Waals surface area contributed by atoms with E-state index in [0.717, 1.165) is 39.0 Å². The molecule has 1 fully saturated rings. The number of hydrogen-bond acceptors (Lipinski definition) is 4. The predicted molar refractivity (Wildman–Crippen MR) is 82.9 cm³/mol. The summed E-state index contributed by atoms with van der Waals surface area (Å²) >= 11 is 0. The third-order valence-electron chi connectivity index (χ3n) is 3.82. The van der Waals surface area contributed by atoms with Crippen LogP contribution in [0.15, 0.2) is 0 Å². The van der Waals surface area contributed by atoms with Crippen molar-refractivity contribution in [2.24, 2.45) is 5.92 Å². The van der Waals surface area contributed by atoms with Gasteiger partial charge in [0, 0.05) is 26.2 Å². The summed E-state index contributed by atoms with van der Waals surface area (Å²) in [6.45, 7) is 9.38. The van der Waals surface area contributed by atoms with Gasteiger partial charge in [-0.3, -0.25) is 0 Å². The van der Waals surface area contributed by atoms with Crippen LogP contribution >= 0.6 is 0 Å². The highest BCUT2D eigenvalue weighted by atomic mass is 32.2. The van der Waals surface area contributed by atoms with Crippen molar-refractivity contribution in [1.82, 2.24) is 19.2 Å². The van der Waals surface area contributed by atoms with E-state index in [-0.39, 0.29) is 0 Å². The number of nitrogens with one attached hydrogen (secondary N) is 2. The first kappa shape index (κ1) is 17.8. The van der Waals surface area contributed by atoms with E-state index in [4.69, 9.17) is 0 Å². The molecule has 1 aliphatic heterocycles. The predicted octanol–water partition coefficient (Wildman–Crippen LogP) is 0.0940. The van der Waals surface area contributed by atoms with Gasteiger partial charge < -0.3 is 10.2 Å². The molecule has 120 valence electrons. The lowest BCUT2D eigenvalue weighted by molar-refractivity contribution is 0.258. The lowest BCUT2D eigenvalue weighted by atomic mass is 10.00. The minimum atomic E-state index is -3.32. The number of hydrogen-bond donors (Lipinski definition) is 2. The van der Waals surface area contributed by atoms with E-state index in [2.05, 4.69) is 28.8 Å². The smallest absolute Gasteiger partial charge is 0.279 e. The van der Waals surface area contributed by atoms with E-state index in [9.17, 15) is 8.42 Å². The molecule has 1 unspecified atom stereocenters. The summed E-state index contributed by atoms with van der Waals surface area (Å²) in [6.07, 6.45) is 2.06. The largest absolute Gasteiger partial charge is 0.317 e. The van der Waals surface area contributed by atoms with Gasteiger partial charge in [-0.15, -0.1) is 0 Å². The first-order valence-corrected chi connectivity index (χ1v) is 9.07. The number of rotatable bonds is 9. The maximum Gasteiger partial charge on any atom is 0.279 e. The monoisotopic (exact) mass is 306 g/mol. The van der Waals surface area contributed by atoms with Crippen LogP contribution in [0.2, 0.25) is 0 Å². The average Bonchev–Trinajstić information content (AvgIpc) is 2.45. The maximum atomic E-state index is 12.3. The van der Waals surface area contributed by atoms with Gasteiger partial charge in [-0.2, -0.15) is 12.7 Å². The SMILES string of the molecule is CCNCC1CCCN(S(=O)(=O)NCCN(C)CC)C1. The summed E-state index contributed by atoms with van der Waals surface area (Å²) in [7, 11) is -1.33. The molecule has 1 atom stereocenters. The molecule has 0 aliphatic carbocycles. The van der Waals surface area contributed by atoms with Gasteiger partial charge in [0.1, 0.15) is 0 Å². The summed E-state index contributed by atoms with van der Waals surface area (Å²) in [6, 6.07) is 0. The summed E-state index contributed by atoms with van der Waals surface area (Å²) in [5.74, 6) is 0.429. The minimum Gasteiger partial charge on any atom is -0.317 e. The fourth-order valence-corrected chi connectivity index (χ4v) is 3.68. The van der Waals surface area contributed by atoms with E-state index >= 15 is 0 Å². The van der Waals surface area contributed by atoms with E-state index in [1.807, 2.05) is 7.05 Å². The second-order valence-electron chi connectivity index (χ2n) is 5.47. The summed E-state index contributed by atoms with van der Waals surface area (Å²) in [5.41, 5.74) is 0. The number of nitrogens with zero attached hydrogens (tertiary/aromatic N) is 2. The molecule has 20 heavy (non-hydrogen) atoms. The first-order valence-electron chi connectivity index (χ1n) is 7.63. The van der Waals surface area contributed by atoms with Gasteiger partial charge in [-0.25, -0.2) is 4.72 Å². The van der Waals surface area contributed by atoms with Gasteiger partial charge in [0.2, 0.25) is 0 Å². The van der Waals surface area contributed by atoms with E-state index in [1.54, 1.807) is 4.31 Å². The van der Waals surface area contributed by atoms with Crippen molar-refractivity contribution in [3.05, 3.63) is 0 Å². The van der Waals surface area contributed by atoms with Crippen LogP contribution in [0.3, 0.4) is 0 Å². The highest BCUT2D eigenvalue weighted by molar-refractivity contribution is 7.87. The van der Waals surface area contributed by atoms with Crippen LogP contribution in [0.5, 0.6) is 0 Å². The van der Waals surface area contributed by atoms with E-state index in [0.29, 0.717) is 25.6 Å². The van der Waals surface area contributed by atoms with Crippen LogP contribution in [0.4, 0.5) is 0 Å². The number of piperidine rings is 1. The molecule has 0 aromatic heterocycles. The van der Waals surface area contributed by atoms with Crippen LogP contribution < -0.4 is 10.0 Å². The topological polar surface area (TPSA) is 64.7 Å². The molecule has 0 spiro atoms. The third kappa shape index (κ3) is 6.05. The molecule has 0 aromatic rings. The Kier molecular flexibility index (Phi) is 7.98. The summed E-state index contributed by atoms with van der Waals surface area (Å²) < 4.78 is 28.8. The lowest BCUT2D eigenvalue weighted by Gasteiger charge is -2.32. The Labute approximate surface area is 124 Å². The molecule has 1 saturated heterocycles. The van der Waals surface area contributed by atoms with Gasteiger partial charge in [-0.1, -0.05) is 13.8 Å². The third-order valence-corrected chi connectivity index (χ3v) is 5.40. The first-order chi connectivity index (χ1) is 9.49. The van der Waals surface area contributed by atoms with Gasteiger partial charge in [-0.05, 0) is 45.4 Å². The Hall–Kier alpha value is -0.210. The highest BCUT2D eigenvalue weighted by Gasteiger charge is 2.28. The Balaban J connectivity index is 2.41. The molecule has 6 nitrogen and oxygen atoms in total. The van der Waals surface area contributed by atoms with Gasteiger partial charge in [0.05, 0.1) is 0 Å². The summed E-state index contributed by atoms with van der Waals surface area (Å²) in [4.78, 5) is 2.09. The molecule has 1 aliphatic rings. The van der Waals surface area contributed by atoms with Crippen molar-refractivity contribution < 1.29 is 8.42 Å². The molecule has 0 saturated carbocycles. The van der Waals surface area contributed by atoms with Crippen molar-refractivity contribution in [2.45, 2.75) is 26.7 Å². The van der Waals surface area contributed by atoms with Crippen molar-refractivity contribution in [1.29, 1.82) is 0 Å². The second kappa shape index (κ2) is 8.94. The summed E-state index contributed by atoms with van der Waals surface area (Å²) in [5, 5.41) is 3.31. The normalized spacial score (nSPS) is 21.5. The molecular formula is C13H30N4O2S. The molecule has 1 heterocycles. The van der Waals surface area contributed by atoms with E-state index in [1.165, 1.54) is 0 Å². The molecule has 1 rings (SSSR count). The lowest BCUT2D eigenvalue weighted by Crippen LogP contribution is -2.48. The Morgan fingerprint density at radius 2 is 2.10 bits per heavy atom. The van der Waals surface area contributed by atoms with Crippen molar-refractivity contribution in [2.75, 3.05) is 52.9 Å². The van der Waals surface area contributed by atoms with Crippen LogP contribution in [0.1, 0.15) is 26.7 Å². The quantitative estimate of drug-likeness (QED) is 0.634. The molecule has 0 radical (unpaired) electrons. The fraction of sp³-hybridized carbons (Fsp3) is 1.00. The van der Waals surface area contributed by atoms with Gasteiger partial charge >= 0.3 is 0 Å². The van der Waals surface area contributed by atoms with Crippen molar-refractivity contribution >= 4 is 10.2 Å². The van der Waals surface area contributed by atoms with Crippen LogP contribution in [0.25, 0.3) is 0 Å². The molecule has 0 aromatic carbocycles. The van der Waals surface area contributed by atoms with Gasteiger partial charge in [0.25, 0.3) is 10.2 Å². The Morgan fingerprint density at radius 1 is 1.35 bits per heavy atom. The highest BCUT2D eigenvalue weighted by Crippen LogP contribution is 2.17. The Morgan fingerprint density at radius 3 is 2.75 bits per heavy atom. The van der Waals surface area contributed by atoms with Crippen molar-refractivity contribution in [3.8, 4) is 0 Å². The molecule has 0 amide bonds. The Bertz CT molecular complexity index is 361. The maximum absolute atomic E-state index is 12.3. The zero-order valence-corrected chi connectivity index (χ0v) is 13.9. The molecule has 0 bridgehead atoms. The molecular weight excluding hydrogens is 276 g/mol. The van der Waals surface area contributed by atoms with Gasteiger partial charge in [0.15, 0.2) is 0 Å².